The van der Waals surface area contributed by atoms with Crippen LogP contribution in [0, 0.1) is 10.1 Å². The van der Waals surface area contributed by atoms with Crippen LogP contribution in [0.4, 0.5) is 32.6 Å². The molecule has 2 amide bonds. The van der Waals surface area contributed by atoms with Crippen molar-refractivity contribution in [2.24, 2.45) is 0 Å². The summed E-state index contributed by atoms with van der Waals surface area (Å²) >= 11 is 0. The summed E-state index contributed by atoms with van der Waals surface area (Å²) in [6, 6.07) is 4.99. The van der Waals surface area contributed by atoms with E-state index in [1.165, 1.54) is 25.2 Å². The van der Waals surface area contributed by atoms with Crippen LogP contribution in [0.3, 0.4) is 0 Å². The number of nitrogens with zero attached hydrogens (tertiary/aromatic N) is 5. The van der Waals surface area contributed by atoms with Crippen LogP contribution in [-0.4, -0.2) is 49.9 Å². The molecule has 0 aliphatic carbocycles. The van der Waals surface area contributed by atoms with Gasteiger partial charge in [0.1, 0.15) is 29.3 Å². The largest absolute Gasteiger partial charge is 0.465 e. The molecule has 0 aliphatic rings. The van der Waals surface area contributed by atoms with Crippen molar-refractivity contribution < 1.29 is 29.5 Å². The van der Waals surface area contributed by atoms with E-state index in [2.05, 4.69) is 9.97 Å². The summed E-state index contributed by atoms with van der Waals surface area (Å²) in [4.78, 5) is 44.6. The highest BCUT2D eigenvalue weighted by Gasteiger charge is 2.31. The molecule has 12 nitrogen and oxygen atoms in total. The van der Waals surface area contributed by atoms with E-state index >= 15 is 0 Å². The lowest BCUT2D eigenvalue weighted by atomic mass is 10.1. The third-order valence-corrected chi connectivity index (χ3v) is 3.73. The van der Waals surface area contributed by atoms with Crippen LogP contribution in [0.15, 0.2) is 30.6 Å². The molecule has 2 N–H and O–H groups in total. The van der Waals surface area contributed by atoms with Crippen molar-refractivity contribution in [1.29, 1.82) is 0 Å². The van der Waals surface area contributed by atoms with Crippen LogP contribution in [0.25, 0.3) is 0 Å². The monoisotopic (exact) mass is 419 g/mol. The Morgan fingerprint density at radius 2 is 1.83 bits per heavy atom. The van der Waals surface area contributed by atoms with Crippen molar-refractivity contribution in [3.63, 3.8) is 0 Å². The van der Waals surface area contributed by atoms with Gasteiger partial charge in [-0.15, -0.1) is 0 Å². The molecule has 0 aliphatic heterocycles. The lowest BCUT2D eigenvalue weighted by Gasteiger charge is -2.27. The number of aliphatic hydroxyl groups is 1. The van der Waals surface area contributed by atoms with Crippen LogP contribution in [0.2, 0.25) is 0 Å². The number of aliphatic hydroxyl groups excluding tert-OH is 1. The van der Waals surface area contributed by atoms with Crippen LogP contribution in [0.1, 0.15) is 26.3 Å². The first-order chi connectivity index (χ1) is 13.9. The molecule has 30 heavy (non-hydrogen) atoms. The number of benzene rings is 1. The Bertz CT molecular complexity index is 974. The van der Waals surface area contributed by atoms with Crippen molar-refractivity contribution >= 4 is 35.2 Å². The number of hydrogen-bond donors (Lipinski definition) is 2. The first-order valence-electron chi connectivity index (χ1n) is 8.64. The number of amides is 2. The first kappa shape index (κ1) is 22.5. The zero-order chi connectivity index (χ0) is 22.6. The van der Waals surface area contributed by atoms with E-state index in [-0.39, 0.29) is 22.9 Å². The Kier molecular flexibility index (Phi) is 6.52. The van der Waals surface area contributed by atoms with Crippen LogP contribution in [0.5, 0.6) is 0 Å². The minimum absolute atomic E-state index is 0.0595. The van der Waals surface area contributed by atoms with Gasteiger partial charge in [0.15, 0.2) is 0 Å². The highest BCUT2D eigenvalue weighted by molar-refractivity contribution is 5.98. The summed E-state index contributed by atoms with van der Waals surface area (Å²) in [5.74, 6) is -0.196. The number of aromatic nitrogens is 2. The predicted octanol–water partition coefficient (Wildman–Crippen LogP) is 3.06. The van der Waals surface area contributed by atoms with Gasteiger partial charge in [-0.25, -0.2) is 24.5 Å². The SMILES string of the molecule is CN(C(=O)O)c1cc(N(C(=O)OC(C)(C)C)c2ccc(CO)cc2[N+](=O)[O-])ncn1. The fourth-order valence-electron chi connectivity index (χ4n) is 2.37. The van der Waals surface area contributed by atoms with E-state index in [9.17, 15) is 24.8 Å². The lowest BCUT2D eigenvalue weighted by molar-refractivity contribution is -0.384. The zero-order valence-corrected chi connectivity index (χ0v) is 16.8. The molecule has 1 aromatic carbocycles. The number of nitro benzene ring substituents is 1. The highest BCUT2D eigenvalue weighted by atomic mass is 16.6. The van der Waals surface area contributed by atoms with Gasteiger partial charge >= 0.3 is 12.2 Å². The standard InChI is InChI=1S/C18H21N5O7/c1-18(2,3)30-17(27)22(12-6-5-11(9-24)7-13(12)23(28)29)15-8-14(19-10-20-15)21(4)16(25)26/h5-8,10,24H,9H2,1-4H3,(H,25,26). The van der Waals surface area contributed by atoms with Gasteiger partial charge in [-0.2, -0.15) is 0 Å². The molecule has 160 valence electrons. The van der Waals surface area contributed by atoms with E-state index in [0.717, 1.165) is 22.2 Å². The molecular formula is C18H21N5O7. The Labute approximate surface area is 171 Å². The molecule has 2 rings (SSSR count). The number of rotatable bonds is 5. The Morgan fingerprint density at radius 3 is 2.37 bits per heavy atom. The second kappa shape index (κ2) is 8.69. The molecule has 2 aromatic rings. The summed E-state index contributed by atoms with van der Waals surface area (Å²) < 4.78 is 5.37. The van der Waals surface area contributed by atoms with Gasteiger partial charge in [-0.3, -0.25) is 15.0 Å². The Morgan fingerprint density at radius 1 is 1.20 bits per heavy atom. The minimum atomic E-state index is -1.30. The highest BCUT2D eigenvalue weighted by Crippen LogP contribution is 2.35. The maximum absolute atomic E-state index is 12.9. The molecule has 12 heteroatoms. The van der Waals surface area contributed by atoms with Crippen molar-refractivity contribution in [2.75, 3.05) is 16.8 Å². The average molecular weight is 419 g/mol. The van der Waals surface area contributed by atoms with Crippen molar-refractivity contribution in [2.45, 2.75) is 33.0 Å². The number of anilines is 3. The average Bonchev–Trinajstić information content (AvgIpc) is 2.66. The molecule has 0 atom stereocenters. The van der Waals surface area contributed by atoms with Gasteiger partial charge in [0, 0.05) is 19.2 Å². The van der Waals surface area contributed by atoms with Gasteiger partial charge in [-0.1, -0.05) is 6.07 Å². The molecule has 0 unspecified atom stereocenters. The van der Waals surface area contributed by atoms with E-state index in [0.29, 0.717) is 0 Å². The summed E-state index contributed by atoms with van der Waals surface area (Å²) in [6.07, 6.45) is -1.25. The summed E-state index contributed by atoms with van der Waals surface area (Å²) in [5, 5.41) is 30.1. The third kappa shape index (κ3) is 5.17. The van der Waals surface area contributed by atoms with E-state index < -0.39 is 35.0 Å². The quantitative estimate of drug-likeness (QED) is 0.548. The van der Waals surface area contributed by atoms with Gasteiger partial charge in [0.05, 0.1) is 11.5 Å². The van der Waals surface area contributed by atoms with E-state index in [4.69, 9.17) is 9.84 Å². The Hall–Kier alpha value is -3.80. The maximum atomic E-state index is 12.9. The smallest absolute Gasteiger partial charge is 0.420 e. The number of carbonyl (C=O) groups is 2. The minimum Gasteiger partial charge on any atom is -0.465 e. The second-order valence-electron chi connectivity index (χ2n) is 7.13. The third-order valence-electron chi connectivity index (χ3n) is 3.73. The van der Waals surface area contributed by atoms with E-state index in [1.54, 1.807) is 20.8 Å². The summed E-state index contributed by atoms with van der Waals surface area (Å²) in [7, 11) is 1.24. The molecular weight excluding hydrogens is 398 g/mol. The molecule has 0 saturated heterocycles. The fraction of sp³-hybridized carbons (Fsp3) is 0.333. The summed E-state index contributed by atoms with van der Waals surface area (Å²) in [6.45, 7) is 4.43. The van der Waals surface area contributed by atoms with Gasteiger partial charge < -0.3 is 14.9 Å². The Balaban J connectivity index is 2.69. The van der Waals surface area contributed by atoms with Crippen LogP contribution < -0.4 is 9.80 Å². The molecule has 0 fully saturated rings. The molecule has 1 aromatic heterocycles. The molecule has 1 heterocycles. The number of hydrogen-bond acceptors (Lipinski definition) is 8. The van der Waals surface area contributed by atoms with Gasteiger partial charge in [0.25, 0.3) is 5.69 Å². The molecule has 0 radical (unpaired) electrons. The lowest BCUT2D eigenvalue weighted by Crippen LogP contribution is -2.35. The number of nitro groups is 1. The van der Waals surface area contributed by atoms with E-state index in [1.807, 2.05) is 0 Å². The zero-order valence-electron chi connectivity index (χ0n) is 16.8. The maximum Gasteiger partial charge on any atom is 0.420 e. The number of carbonyl (C=O) groups excluding carboxylic acids is 1. The topological polar surface area (TPSA) is 159 Å². The first-order valence-corrected chi connectivity index (χ1v) is 8.64. The van der Waals surface area contributed by atoms with Crippen molar-refractivity contribution in [3.8, 4) is 0 Å². The van der Waals surface area contributed by atoms with Crippen molar-refractivity contribution in [1.82, 2.24) is 9.97 Å². The van der Waals surface area contributed by atoms with Crippen LogP contribution >= 0.6 is 0 Å². The molecule has 0 bridgehead atoms. The molecule has 0 spiro atoms. The summed E-state index contributed by atoms with van der Waals surface area (Å²) in [5.41, 5.74) is -1.31. The van der Waals surface area contributed by atoms with Crippen molar-refractivity contribution in [3.05, 3.63) is 46.3 Å². The van der Waals surface area contributed by atoms with Gasteiger partial charge in [-0.05, 0) is 32.4 Å². The fourth-order valence-corrected chi connectivity index (χ4v) is 2.37. The molecule has 0 saturated carbocycles. The number of ether oxygens (including phenoxy) is 1. The predicted molar refractivity (Wildman–Crippen MR) is 106 cm³/mol. The van der Waals surface area contributed by atoms with Crippen LogP contribution in [-0.2, 0) is 11.3 Å². The van der Waals surface area contributed by atoms with Gasteiger partial charge in [0.2, 0.25) is 0 Å². The number of carboxylic acid groups (broad SMARTS) is 1. The second-order valence-corrected chi connectivity index (χ2v) is 7.13. The normalized spacial score (nSPS) is 11.0.